The molecule has 0 spiro atoms. The van der Waals surface area contributed by atoms with Crippen LogP contribution in [0.1, 0.15) is 34.3 Å². The molecule has 37 heavy (non-hydrogen) atoms. The van der Waals surface area contributed by atoms with E-state index in [2.05, 4.69) is 15.1 Å². The van der Waals surface area contributed by atoms with Gasteiger partial charge in [0.15, 0.2) is 0 Å². The molecule has 1 saturated carbocycles. The molecule has 1 saturated heterocycles. The largest absolute Gasteiger partial charge is 0.416 e. The maximum Gasteiger partial charge on any atom is 0.416 e. The lowest BCUT2D eigenvalue weighted by Crippen LogP contribution is -2.36. The van der Waals surface area contributed by atoms with E-state index in [1.54, 1.807) is 11.0 Å². The first-order chi connectivity index (χ1) is 17.6. The maximum absolute atomic E-state index is 13.9. The number of likely N-dealkylation sites (tertiary alicyclic amines) is 1. The highest BCUT2D eigenvalue weighted by Crippen LogP contribution is 2.41. The minimum atomic E-state index is -4.50. The first-order valence-corrected chi connectivity index (χ1v) is 11.9. The summed E-state index contributed by atoms with van der Waals surface area (Å²) in [7, 11) is 1.85. The van der Waals surface area contributed by atoms with Gasteiger partial charge < -0.3 is 10.6 Å². The van der Waals surface area contributed by atoms with Crippen molar-refractivity contribution in [1.29, 1.82) is 0 Å². The second kappa shape index (κ2) is 9.58. The van der Waals surface area contributed by atoms with Crippen LogP contribution < -0.4 is 5.73 Å². The Bertz CT molecular complexity index is 1300. The fourth-order valence-electron chi connectivity index (χ4n) is 5.47. The highest BCUT2D eigenvalue weighted by molar-refractivity contribution is 5.93. The molecular formula is C25H26F3N7O2. The molecule has 3 heterocycles. The van der Waals surface area contributed by atoms with E-state index < -0.39 is 17.6 Å². The van der Waals surface area contributed by atoms with E-state index in [4.69, 9.17) is 5.73 Å². The van der Waals surface area contributed by atoms with Crippen molar-refractivity contribution in [3.05, 3.63) is 65.9 Å². The van der Waals surface area contributed by atoms with Gasteiger partial charge in [0, 0.05) is 49.8 Å². The summed E-state index contributed by atoms with van der Waals surface area (Å²) in [6, 6.07) is 4.10. The van der Waals surface area contributed by atoms with Crippen molar-refractivity contribution in [2.45, 2.75) is 31.6 Å². The summed E-state index contributed by atoms with van der Waals surface area (Å²) < 4.78 is 42.9. The van der Waals surface area contributed by atoms with Crippen molar-refractivity contribution in [3.63, 3.8) is 0 Å². The Kier molecular flexibility index (Phi) is 6.44. The van der Waals surface area contributed by atoms with Crippen LogP contribution in [0.5, 0.6) is 0 Å². The minimum absolute atomic E-state index is 0.110. The van der Waals surface area contributed by atoms with Crippen molar-refractivity contribution in [2.24, 2.45) is 17.6 Å². The van der Waals surface area contributed by atoms with Crippen LogP contribution in [0.3, 0.4) is 0 Å². The van der Waals surface area contributed by atoms with Crippen molar-refractivity contribution in [3.8, 4) is 11.3 Å². The summed E-state index contributed by atoms with van der Waals surface area (Å²) in [4.78, 5) is 35.8. The van der Waals surface area contributed by atoms with Gasteiger partial charge >= 0.3 is 12.2 Å². The molecule has 2 fully saturated rings. The van der Waals surface area contributed by atoms with Gasteiger partial charge in [-0.25, -0.2) is 4.79 Å². The Morgan fingerprint density at radius 1 is 1.14 bits per heavy atom. The zero-order valence-electron chi connectivity index (χ0n) is 20.1. The third-order valence-electron chi connectivity index (χ3n) is 7.38. The van der Waals surface area contributed by atoms with Gasteiger partial charge in [0.25, 0.3) is 5.91 Å². The number of benzene rings is 1. The third kappa shape index (κ3) is 5.06. The van der Waals surface area contributed by atoms with Crippen LogP contribution in [0.25, 0.3) is 11.3 Å². The van der Waals surface area contributed by atoms with E-state index in [0.29, 0.717) is 24.3 Å². The number of carbonyl (C=O) groups is 2. The molecule has 5 rings (SSSR count). The highest BCUT2D eigenvalue weighted by atomic mass is 19.4. The molecule has 2 aliphatic rings. The van der Waals surface area contributed by atoms with Crippen LogP contribution in [0.4, 0.5) is 18.0 Å². The third-order valence-corrected chi connectivity index (χ3v) is 7.38. The second-order valence-corrected chi connectivity index (χ2v) is 9.75. The van der Waals surface area contributed by atoms with E-state index in [-0.39, 0.29) is 41.6 Å². The maximum atomic E-state index is 13.9. The number of hydrogen-bond acceptors (Lipinski definition) is 6. The quantitative estimate of drug-likeness (QED) is 0.561. The van der Waals surface area contributed by atoms with E-state index in [1.807, 2.05) is 11.9 Å². The zero-order valence-corrected chi connectivity index (χ0v) is 20.1. The number of halogens is 3. The molecule has 3 atom stereocenters. The number of aromatic nitrogens is 4. The van der Waals surface area contributed by atoms with Crippen LogP contribution in [0.15, 0.2) is 49.2 Å². The van der Waals surface area contributed by atoms with Gasteiger partial charge in [-0.1, -0.05) is 12.1 Å². The molecule has 1 aliphatic carbocycles. The van der Waals surface area contributed by atoms with Crippen molar-refractivity contribution in [2.75, 3.05) is 20.1 Å². The predicted octanol–water partition coefficient (Wildman–Crippen LogP) is 3.27. The summed E-state index contributed by atoms with van der Waals surface area (Å²) in [5.74, 6) is -0.146. The Labute approximate surface area is 211 Å². The number of nitrogens with two attached hydrogens (primary N) is 1. The molecule has 3 aromatic rings. The Hall–Kier alpha value is -3.80. The highest BCUT2D eigenvalue weighted by Gasteiger charge is 2.44. The van der Waals surface area contributed by atoms with Gasteiger partial charge in [-0.3, -0.25) is 19.7 Å². The summed E-state index contributed by atoms with van der Waals surface area (Å²) >= 11 is 0. The van der Waals surface area contributed by atoms with E-state index in [9.17, 15) is 22.8 Å². The lowest BCUT2D eigenvalue weighted by atomic mass is 10.0. The van der Waals surface area contributed by atoms with Crippen LogP contribution in [0, 0.1) is 11.8 Å². The number of nitrogens with zero attached hydrogens (tertiary/aromatic N) is 6. The number of fused-ring (bicyclic) bond motifs is 1. The van der Waals surface area contributed by atoms with Gasteiger partial charge in [0.05, 0.1) is 29.2 Å². The lowest BCUT2D eigenvalue weighted by Gasteiger charge is -2.27. The molecule has 0 radical (unpaired) electrons. The van der Waals surface area contributed by atoms with Gasteiger partial charge in [0.2, 0.25) is 0 Å². The topological polar surface area (TPSA) is 110 Å². The molecule has 194 valence electrons. The second-order valence-electron chi connectivity index (χ2n) is 9.75. The molecule has 0 bridgehead atoms. The molecular weight excluding hydrogens is 487 g/mol. The molecule has 1 aliphatic heterocycles. The average molecular weight is 514 g/mol. The number of rotatable bonds is 5. The Balaban J connectivity index is 1.24. The Morgan fingerprint density at radius 2 is 1.86 bits per heavy atom. The molecule has 2 amide bonds. The van der Waals surface area contributed by atoms with E-state index in [0.717, 1.165) is 23.6 Å². The molecule has 9 nitrogen and oxygen atoms in total. The summed E-state index contributed by atoms with van der Waals surface area (Å²) in [5.41, 5.74) is 5.68. The molecule has 12 heteroatoms. The number of amides is 2. The Morgan fingerprint density at radius 3 is 2.46 bits per heavy atom. The predicted molar refractivity (Wildman–Crippen MR) is 127 cm³/mol. The fourth-order valence-corrected chi connectivity index (χ4v) is 5.47. The van der Waals surface area contributed by atoms with Crippen molar-refractivity contribution in [1.82, 2.24) is 29.5 Å². The van der Waals surface area contributed by atoms with Gasteiger partial charge in [-0.2, -0.15) is 23.0 Å². The summed E-state index contributed by atoms with van der Waals surface area (Å²) in [6.07, 6.45) is 4.02. The van der Waals surface area contributed by atoms with Gasteiger partial charge in [-0.15, -0.1) is 0 Å². The van der Waals surface area contributed by atoms with Crippen LogP contribution in [-0.4, -0.2) is 67.7 Å². The summed E-state index contributed by atoms with van der Waals surface area (Å²) in [5, 5.41) is 3.94. The van der Waals surface area contributed by atoms with Crippen LogP contribution >= 0.6 is 0 Å². The molecule has 1 unspecified atom stereocenters. The van der Waals surface area contributed by atoms with Gasteiger partial charge in [0.1, 0.15) is 0 Å². The standard InChI is InChI=1S/C25H26F3N7O2/c1-33(11-16-3-2-15(8-21(16)25(26,27)28)22-10-30-4-5-31-22)20-6-17-12-34(13-18(17)7-20)24(37)35-14-19(9-32-35)23(29)36/h2-5,8-10,14,17-18,20H,6-7,11-13H2,1H3,(H2,29,36)/t17-,18+,20?. The molecule has 2 aromatic heterocycles. The van der Waals surface area contributed by atoms with E-state index >= 15 is 0 Å². The fraction of sp³-hybridized carbons (Fsp3) is 0.400. The number of primary amides is 1. The normalized spacial score (nSPS) is 21.4. The smallest absolute Gasteiger partial charge is 0.366 e. The van der Waals surface area contributed by atoms with Crippen molar-refractivity contribution < 1.29 is 22.8 Å². The average Bonchev–Trinajstić information content (AvgIpc) is 3.59. The number of carbonyl (C=O) groups excluding carboxylic acids is 2. The first-order valence-electron chi connectivity index (χ1n) is 11.9. The zero-order chi connectivity index (χ0) is 26.3. The van der Waals surface area contributed by atoms with E-state index in [1.165, 1.54) is 37.1 Å². The minimum Gasteiger partial charge on any atom is -0.366 e. The summed E-state index contributed by atoms with van der Waals surface area (Å²) in [6.45, 7) is 1.24. The number of alkyl halides is 3. The van der Waals surface area contributed by atoms with Crippen LogP contribution in [0.2, 0.25) is 0 Å². The monoisotopic (exact) mass is 513 g/mol. The van der Waals surface area contributed by atoms with Gasteiger partial charge in [-0.05, 0) is 43.4 Å². The number of hydrogen-bond donors (Lipinski definition) is 1. The molecule has 2 N–H and O–H groups in total. The lowest BCUT2D eigenvalue weighted by molar-refractivity contribution is -0.138. The van der Waals surface area contributed by atoms with Crippen molar-refractivity contribution >= 4 is 11.9 Å². The van der Waals surface area contributed by atoms with Crippen LogP contribution in [-0.2, 0) is 12.7 Å². The SMILES string of the molecule is CN(Cc1ccc(-c2cnccn2)cc1C(F)(F)F)C1C[C@@H]2CN(C(=O)n3cc(C(N)=O)cn3)C[C@@H]2C1. The first kappa shape index (κ1) is 24.9. The molecule has 1 aromatic carbocycles.